The molecule has 8 heteroatoms. The molecule has 9 rings (SSSR count). The van der Waals surface area contributed by atoms with Crippen molar-refractivity contribution in [2.75, 3.05) is 0 Å². The minimum absolute atomic E-state index is 0.0782. The zero-order valence-corrected chi connectivity index (χ0v) is 47.4. The number of benzene rings is 4. The van der Waals surface area contributed by atoms with Crippen molar-refractivity contribution in [3.8, 4) is 0 Å². The van der Waals surface area contributed by atoms with Crippen molar-refractivity contribution >= 4 is 86.0 Å². The highest BCUT2D eigenvalue weighted by atomic mass is 79.9. The Kier molecular flexibility index (Phi) is 12.6. The molecule has 5 heterocycles. The molecule has 68 heavy (non-hydrogen) atoms. The first-order valence-electron chi connectivity index (χ1n) is 23.4. The van der Waals surface area contributed by atoms with Crippen molar-refractivity contribution in [3.05, 3.63) is 228 Å². The summed E-state index contributed by atoms with van der Waals surface area (Å²) in [5.41, 5.74) is 17.5. The van der Waals surface area contributed by atoms with Gasteiger partial charge in [0.2, 0.25) is 0 Å². The number of halogens is 4. The van der Waals surface area contributed by atoms with Gasteiger partial charge < -0.3 is 19.9 Å². The number of hydrogen-bond acceptors (Lipinski definition) is 0. The molecular weight excluding hydrogens is 1100 g/mol. The van der Waals surface area contributed by atoms with Gasteiger partial charge in [-0.2, -0.15) is 0 Å². The average molecular weight is 1160 g/mol. The minimum atomic E-state index is -0.0782. The highest BCUT2D eigenvalue weighted by molar-refractivity contribution is 9.11. The molecular formula is C60H60Br4N4. The quantitative estimate of drug-likeness (QED) is 0.136. The summed E-state index contributed by atoms with van der Waals surface area (Å²) in [6, 6.07) is 44.9. The van der Waals surface area contributed by atoms with Crippen LogP contribution in [0.5, 0.6) is 0 Å². The lowest BCUT2D eigenvalue weighted by Gasteiger charge is -2.26. The Morgan fingerprint density at radius 3 is 0.809 bits per heavy atom. The highest BCUT2D eigenvalue weighted by Crippen LogP contribution is 2.39. The Bertz CT molecular complexity index is 3200. The van der Waals surface area contributed by atoms with Crippen LogP contribution in [0.4, 0.5) is 0 Å². The summed E-state index contributed by atoms with van der Waals surface area (Å²) in [4.78, 5) is 16.1. The molecule has 0 fully saturated rings. The fourth-order valence-corrected chi connectivity index (χ4v) is 12.0. The van der Waals surface area contributed by atoms with E-state index in [9.17, 15) is 0 Å². The molecule has 1 aliphatic heterocycles. The molecule has 0 aliphatic carbocycles. The maximum Gasteiger partial charge on any atom is 0.0486 e. The molecule has 4 aromatic carbocycles. The molecule has 0 saturated heterocycles. The molecule has 0 spiro atoms. The molecule has 4 aromatic heterocycles. The lowest BCUT2D eigenvalue weighted by Crippen LogP contribution is -2.21. The number of hydrogen-bond donors (Lipinski definition) is 4. The van der Waals surface area contributed by atoms with Gasteiger partial charge in [-0.15, -0.1) is 0 Å². The van der Waals surface area contributed by atoms with Crippen molar-refractivity contribution in [1.82, 2.24) is 19.9 Å². The van der Waals surface area contributed by atoms with E-state index in [0.29, 0.717) is 0 Å². The second kappa shape index (κ2) is 17.7. The van der Waals surface area contributed by atoms with Crippen molar-refractivity contribution in [1.29, 1.82) is 0 Å². The Hall–Kier alpha value is -4.60. The third kappa shape index (κ3) is 9.28. The van der Waals surface area contributed by atoms with Gasteiger partial charge in [0.05, 0.1) is 0 Å². The summed E-state index contributed by atoms with van der Waals surface area (Å²) in [5.74, 6) is 0. The Labute approximate surface area is 435 Å². The van der Waals surface area contributed by atoms with Crippen molar-refractivity contribution in [3.63, 3.8) is 0 Å². The number of fused-ring (bicyclic) bond motifs is 8. The number of aromatic nitrogens is 4. The lowest BCUT2D eigenvalue weighted by atomic mass is 9.78. The van der Waals surface area contributed by atoms with Gasteiger partial charge in [-0.05, 0) is 128 Å². The molecule has 0 unspecified atom stereocenters. The smallest absolute Gasteiger partial charge is 0.0486 e. The molecule has 0 atom stereocenters. The molecule has 348 valence electrons. The van der Waals surface area contributed by atoms with Gasteiger partial charge in [-0.25, -0.2) is 0 Å². The molecule has 4 nitrogen and oxygen atoms in total. The first-order chi connectivity index (χ1) is 31.9. The number of aromatic amines is 4. The maximum absolute atomic E-state index is 4.02. The van der Waals surface area contributed by atoms with Crippen LogP contribution in [0.25, 0.3) is 22.3 Å². The SMILES string of the molecule is CC(C)(C)c1cc(C2=c3ccc([nH]3)=C(c3c(Br)cccc3Br)c3ccc([nH]3)C(c3cc(C(C)(C)C)cc(C(C)(C)C)c3)=c3ccc([nH]3)=C(c3c(Br)cccc3Br)c3ccc2[nH]3)cc(C(C)(C)C)c1. The van der Waals surface area contributed by atoms with E-state index in [1.807, 2.05) is 0 Å². The van der Waals surface area contributed by atoms with Gasteiger partial charge in [0.1, 0.15) is 0 Å². The molecule has 8 aromatic rings. The summed E-state index contributed by atoms with van der Waals surface area (Å²) in [7, 11) is 0. The first-order valence-corrected chi connectivity index (χ1v) is 26.5. The van der Waals surface area contributed by atoms with E-state index in [0.717, 1.165) is 107 Å². The molecule has 0 amide bonds. The predicted octanol–water partition coefficient (Wildman–Crippen LogP) is 14.5. The van der Waals surface area contributed by atoms with Crippen LogP contribution in [0.3, 0.4) is 0 Å². The van der Waals surface area contributed by atoms with E-state index in [1.165, 1.54) is 22.3 Å². The Balaban J connectivity index is 1.49. The van der Waals surface area contributed by atoms with Crippen LogP contribution in [0.2, 0.25) is 0 Å². The largest absolute Gasteiger partial charge is 0.354 e. The van der Waals surface area contributed by atoms with Crippen LogP contribution in [0.15, 0.2) is 139 Å². The van der Waals surface area contributed by atoms with Crippen LogP contribution in [-0.4, -0.2) is 19.9 Å². The predicted molar refractivity (Wildman–Crippen MR) is 299 cm³/mol. The summed E-state index contributed by atoms with van der Waals surface area (Å²) in [6.45, 7) is 27.6. The molecule has 1 aliphatic rings. The summed E-state index contributed by atoms with van der Waals surface area (Å²) >= 11 is 16.0. The second-order valence-corrected chi connectivity index (χ2v) is 25.9. The molecule has 0 radical (unpaired) electrons. The van der Waals surface area contributed by atoms with Gasteiger partial charge in [0, 0.05) is 95.5 Å². The molecule has 4 N–H and O–H groups in total. The zero-order chi connectivity index (χ0) is 48.8. The van der Waals surface area contributed by atoms with Gasteiger partial charge in [-0.1, -0.05) is 195 Å². The number of nitrogens with one attached hydrogen (secondary N) is 4. The standard InChI is InChI=1S/C60H60Br4N4/c1-57(2,3)35-27-33(28-36(31-35)58(4,5)6)51-43-19-23-47(65-43)55(53-39(61)15-13-16-40(53)62)49-25-21-45(67-49)52(34-29-37(59(7,8)9)32-38(30-34)60(10,11)12)46-22-26-50(68-46)56(48-24-20-44(51)66-48)54-41(63)17-14-18-42(54)64/h13-32,65-68H,1-12H3. The van der Waals surface area contributed by atoms with Crippen LogP contribution < -0.4 is 21.4 Å². The topological polar surface area (TPSA) is 63.2 Å². The van der Waals surface area contributed by atoms with E-state index in [-0.39, 0.29) is 21.7 Å². The second-order valence-electron chi connectivity index (χ2n) is 22.4. The molecule has 0 saturated carbocycles. The van der Waals surface area contributed by atoms with E-state index in [4.69, 9.17) is 0 Å². The van der Waals surface area contributed by atoms with Gasteiger partial charge >= 0.3 is 0 Å². The Morgan fingerprint density at radius 1 is 0.294 bits per heavy atom. The number of rotatable bonds is 4. The van der Waals surface area contributed by atoms with E-state index in [2.05, 4.69) is 288 Å². The average Bonchev–Trinajstić information content (AvgIpc) is 4.09. The Morgan fingerprint density at radius 2 is 0.544 bits per heavy atom. The normalized spacial score (nSPS) is 13.8. The minimum Gasteiger partial charge on any atom is -0.354 e. The maximum atomic E-state index is 4.02. The van der Waals surface area contributed by atoms with Crippen molar-refractivity contribution in [2.24, 2.45) is 0 Å². The van der Waals surface area contributed by atoms with E-state index < -0.39 is 0 Å². The van der Waals surface area contributed by atoms with Crippen molar-refractivity contribution < 1.29 is 0 Å². The molecule has 8 bridgehead atoms. The van der Waals surface area contributed by atoms with E-state index >= 15 is 0 Å². The van der Waals surface area contributed by atoms with Crippen LogP contribution in [-0.2, 0) is 21.7 Å². The van der Waals surface area contributed by atoms with E-state index in [1.54, 1.807) is 0 Å². The number of H-pyrrole nitrogens is 4. The monoisotopic (exact) mass is 1150 g/mol. The van der Waals surface area contributed by atoms with Gasteiger partial charge in [0.15, 0.2) is 0 Å². The summed E-state index contributed by atoms with van der Waals surface area (Å²) < 4.78 is 3.95. The van der Waals surface area contributed by atoms with Gasteiger partial charge in [-0.3, -0.25) is 0 Å². The fourth-order valence-electron chi connectivity index (χ4n) is 9.24. The third-order valence-electron chi connectivity index (χ3n) is 13.2. The fraction of sp³-hybridized carbons (Fsp3) is 0.267. The lowest BCUT2D eigenvalue weighted by molar-refractivity contribution is 0.567. The zero-order valence-electron chi connectivity index (χ0n) is 41.1. The van der Waals surface area contributed by atoms with Crippen LogP contribution >= 0.6 is 63.7 Å². The summed E-state index contributed by atoms with van der Waals surface area (Å²) in [5, 5.41) is 3.98. The van der Waals surface area contributed by atoms with Gasteiger partial charge in [0.25, 0.3) is 0 Å². The first kappa shape index (κ1) is 48.4. The van der Waals surface area contributed by atoms with Crippen LogP contribution in [0.1, 0.15) is 150 Å². The summed E-state index contributed by atoms with van der Waals surface area (Å²) in [6.07, 6.45) is 0. The van der Waals surface area contributed by atoms with Crippen LogP contribution in [0, 0.1) is 0 Å². The van der Waals surface area contributed by atoms with Crippen molar-refractivity contribution in [2.45, 2.75) is 105 Å². The third-order valence-corrected chi connectivity index (χ3v) is 15.9. The highest BCUT2D eigenvalue weighted by Gasteiger charge is 2.27.